The second-order valence-electron chi connectivity index (χ2n) is 5.83. The summed E-state index contributed by atoms with van der Waals surface area (Å²) in [6.07, 6.45) is -1.15. The lowest BCUT2D eigenvalue weighted by Crippen LogP contribution is -2.36. The molecule has 4 nitrogen and oxygen atoms in total. The first-order chi connectivity index (χ1) is 10.8. The monoisotopic (exact) mass is 331 g/mol. The van der Waals surface area contributed by atoms with Crippen molar-refractivity contribution >= 4 is 5.91 Å². The van der Waals surface area contributed by atoms with E-state index in [-0.39, 0.29) is 25.5 Å². The van der Waals surface area contributed by atoms with Crippen LogP contribution in [-0.2, 0) is 11.0 Å². The third-order valence-corrected chi connectivity index (χ3v) is 3.90. The maximum atomic E-state index is 12.4. The first kappa shape index (κ1) is 17.6. The average Bonchev–Trinajstić information content (AvgIpc) is 2.89. The third kappa shape index (κ3) is 5.42. The van der Waals surface area contributed by atoms with Crippen LogP contribution in [0.15, 0.2) is 24.3 Å². The summed E-state index contributed by atoms with van der Waals surface area (Å²) in [5.41, 5.74) is -1.62. The molecule has 1 saturated carbocycles. The Labute approximate surface area is 132 Å². The maximum absolute atomic E-state index is 12.4. The van der Waals surface area contributed by atoms with Crippen LogP contribution in [0.3, 0.4) is 0 Å². The number of hydrogen-bond donors (Lipinski definition) is 2. The average molecular weight is 331 g/mol. The van der Waals surface area contributed by atoms with E-state index in [4.69, 9.17) is 4.74 Å². The van der Waals surface area contributed by atoms with Crippen LogP contribution in [0, 0.1) is 0 Å². The van der Waals surface area contributed by atoms with E-state index in [9.17, 15) is 23.1 Å². The minimum Gasteiger partial charge on any atom is -0.492 e. The molecular formula is C16H20F3NO3. The van der Waals surface area contributed by atoms with Crippen LogP contribution in [0.2, 0.25) is 0 Å². The largest absolute Gasteiger partial charge is 0.492 e. The number of halogens is 3. The Bertz CT molecular complexity index is 522. The van der Waals surface area contributed by atoms with E-state index in [1.54, 1.807) is 0 Å². The summed E-state index contributed by atoms with van der Waals surface area (Å²) in [6, 6.07) is 4.38. The van der Waals surface area contributed by atoms with Gasteiger partial charge in [-0.3, -0.25) is 4.79 Å². The highest BCUT2D eigenvalue weighted by molar-refractivity contribution is 5.77. The normalized spacial score (nSPS) is 17.0. The van der Waals surface area contributed by atoms with E-state index < -0.39 is 17.3 Å². The summed E-state index contributed by atoms with van der Waals surface area (Å²) in [5.74, 6) is 0.0621. The van der Waals surface area contributed by atoms with Crippen molar-refractivity contribution in [1.82, 2.24) is 5.32 Å². The van der Waals surface area contributed by atoms with Crippen molar-refractivity contribution in [3.8, 4) is 5.75 Å². The summed E-state index contributed by atoms with van der Waals surface area (Å²) in [5, 5.41) is 12.7. The third-order valence-electron chi connectivity index (χ3n) is 3.90. The van der Waals surface area contributed by atoms with Crippen molar-refractivity contribution in [2.24, 2.45) is 0 Å². The molecule has 2 N–H and O–H groups in total. The van der Waals surface area contributed by atoms with Crippen LogP contribution in [0.1, 0.15) is 37.7 Å². The molecule has 128 valence electrons. The summed E-state index contributed by atoms with van der Waals surface area (Å²) in [7, 11) is 0. The van der Waals surface area contributed by atoms with Crippen LogP contribution in [0.25, 0.3) is 0 Å². The number of alkyl halides is 3. The highest BCUT2D eigenvalue weighted by Crippen LogP contribution is 2.32. The van der Waals surface area contributed by atoms with Gasteiger partial charge in [-0.15, -0.1) is 0 Å². The van der Waals surface area contributed by atoms with Gasteiger partial charge in [0.1, 0.15) is 12.4 Å². The quantitative estimate of drug-likeness (QED) is 0.788. The van der Waals surface area contributed by atoms with Gasteiger partial charge in [0.05, 0.1) is 24.1 Å². The SMILES string of the molecule is O=C(CC1(O)CCCC1)NCCOc1ccc(C(F)(F)F)cc1. The predicted octanol–water partition coefficient (Wildman–Crippen LogP) is 2.90. The van der Waals surface area contributed by atoms with Crippen LogP contribution in [0.5, 0.6) is 5.75 Å². The van der Waals surface area contributed by atoms with Gasteiger partial charge in [0.15, 0.2) is 0 Å². The molecule has 0 bridgehead atoms. The summed E-state index contributed by atoms with van der Waals surface area (Å²) in [6.45, 7) is 0.380. The van der Waals surface area contributed by atoms with Crippen molar-refractivity contribution in [2.75, 3.05) is 13.2 Å². The molecule has 0 aromatic heterocycles. The Balaban J connectivity index is 1.68. The first-order valence-electron chi connectivity index (χ1n) is 7.58. The topological polar surface area (TPSA) is 58.6 Å². The molecule has 0 aliphatic heterocycles. The first-order valence-corrected chi connectivity index (χ1v) is 7.58. The van der Waals surface area contributed by atoms with Gasteiger partial charge in [-0.2, -0.15) is 13.2 Å². The standard InChI is InChI=1S/C16H20F3NO3/c17-16(18,19)12-3-5-13(6-4-12)23-10-9-20-14(21)11-15(22)7-1-2-8-15/h3-6,22H,1-2,7-11H2,(H,20,21). The number of aliphatic hydroxyl groups is 1. The van der Waals surface area contributed by atoms with Gasteiger partial charge >= 0.3 is 6.18 Å². The van der Waals surface area contributed by atoms with Crippen molar-refractivity contribution in [3.63, 3.8) is 0 Å². The molecule has 1 fully saturated rings. The smallest absolute Gasteiger partial charge is 0.416 e. The minimum absolute atomic E-state index is 0.0767. The molecule has 0 saturated heterocycles. The van der Waals surface area contributed by atoms with Gasteiger partial charge in [0.25, 0.3) is 0 Å². The zero-order valence-corrected chi connectivity index (χ0v) is 12.7. The predicted molar refractivity (Wildman–Crippen MR) is 78.0 cm³/mol. The highest BCUT2D eigenvalue weighted by atomic mass is 19.4. The molecule has 2 rings (SSSR count). The van der Waals surface area contributed by atoms with Crippen LogP contribution in [-0.4, -0.2) is 29.8 Å². The Morgan fingerprint density at radius 2 is 1.83 bits per heavy atom. The number of carbonyl (C=O) groups excluding carboxylic acids is 1. The van der Waals surface area contributed by atoms with Crippen molar-refractivity contribution in [2.45, 2.75) is 43.9 Å². The van der Waals surface area contributed by atoms with E-state index in [0.29, 0.717) is 18.6 Å². The highest BCUT2D eigenvalue weighted by Gasteiger charge is 2.33. The van der Waals surface area contributed by atoms with Gasteiger partial charge in [0.2, 0.25) is 5.91 Å². The number of benzene rings is 1. The number of rotatable bonds is 6. The van der Waals surface area contributed by atoms with Crippen LogP contribution >= 0.6 is 0 Å². The van der Waals surface area contributed by atoms with Crippen molar-refractivity contribution < 1.29 is 27.8 Å². The zero-order chi connectivity index (χ0) is 16.9. The molecular weight excluding hydrogens is 311 g/mol. The fourth-order valence-electron chi connectivity index (χ4n) is 2.67. The number of nitrogens with one attached hydrogen (secondary N) is 1. The molecule has 1 aromatic rings. The maximum Gasteiger partial charge on any atom is 0.416 e. The summed E-state index contributed by atoms with van der Waals surface area (Å²) < 4.78 is 42.5. The molecule has 1 aromatic carbocycles. The molecule has 23 heavy (non-hydrogen) atoms. The summed E-state index contributed by atoms with van der Waals surface area (Å²) in [4.78, 5) is 11.7. The molecule has 0 atom stereocenters. The lowest BCUT2D eigenvalue weighted by Gasteiger charge is -2.21. The van der Waals surface area contributed by atoms with E-state index >= 15 is 0 Å². The van der Waals surface area contributed by atoms with E-state index in [2.05, 4.69) is 5.32 Å². The Kier molecular flexibility index (Phi) is 5.51. The van der Waals surface area contributed by atoms with Gasteiger partial charge < -0.3 is 15.2 Å². The van der Waals surface area contributed by atoms with Gasteiger partial charge in [-0.1, -0.05) is 12.8 Å². The molecule has 1 aliphatic rings. The lowest BCUT2D eigenvalue weighted by atomic mass is 9.98. The Morgan fingerprint density at radius 1 is 1.22 bits per heavy atom. The fourth-order valence-corrected chi connectivity index (χ4v) is 2.67. The Morgan fingerprint density at radius 3 is 2.39 bits per heavy atom. The molecule has 0 heterocycles. The number of carbonyl (C=O) groups is 1. The molecule has 1 amide bonds. The zero-order valence-electron chi connectivity index (χ0n) is 12.7. The number of hydrogen-bond acceptors (Lipinski definition) is 3. The van der Waals surface area contributed by atoms with E-state index in [1.807, 2.05) is 0 Å². The van der Waals surface area contributed by atoms with Crippen LogP contribution < -0.4 is 10.1 Å². The fraction of sp³-hybridized carbons (Fsp3) is 0.562. The molecule has 0 unspecified atom stereocenters. The van der Waals surface area contributed by atoms with Crippen LogP contribution in [0.4, 0.5) is 13.2 Å². The molecule has 1 aliphatic carbocycles. The second-order valence-corrected chi connectivity index (χ2v) is 5.83. The number of ether oxygens (including phenoxy) is 1. The van der Waals surface area contributed by atoms with Gasteiger partial charge in [-0.05, 0) is 37.1 Å². The Hall–Kier alpha value is -1.76. The molecule has 0 radical (unpaired) electrons. The molecule has 0 spiro atoms. The van der Waals surface area contributed by atoms with Gasteiger partial charge in [0, 0.05) is 0 Å². The number of amides is 1. The van der Waals surface area contributed by atoms with Gasteiger partial charge in [-0.25, -0.2) is 0 Å². The molecule has 7 heteroatoms. The minimum atomic E-state index is -4.37. The van der Waals surface area contributed by atoms with E-state index in [1.165, 1.54) is 12.1 Å². The second kappa shape index (κ2) is 7.21. The van der Waals surface area contributed by atoms with Crippen molar-refractivity contribution in [1.29, 1.82) is 0 Å². The lowest BCUT2D eigenvalue weighted by molar-refractivity contribution is -0.137. The summed E-state index contributed by atoms with van der Waals surface area (Å²) >= 11 is 0. The van der Waals surface area contributed by atoms with Crippen molar-refractivity contribution in [3.05, 3.63) is 29.8 Å². The van der Waals surface area contributed by atoms with E-state index in [0.717, 1.165) is 25.0 Å².